The Morgan fingerprint density at radius 1 is 1.33 bits per heavy atom. The van der Waals surface area contributed by atoms with Gasteiger partial charge in [-0.05, 0) is 50.0 Å². The SMILES string of the molecule is C/C=C(CC)/C(=C\CC)c1ccc(C)[nH]1. The molecule has 0 atom stereocenters. The van der Waals surface area contributed by atoms with Crippen LogP contribution in [0.5, 0.6) is 0 Å². The summed E-state index contributed by atoms with van der Waals surface area (Å²) >= 11 is 0. The molecule has 0 amide bonds. The molecule has 0 saturated carbocycles. The fourth-order valence-electron chi connectivity index (χ4n) is 1.83. The van der Waals surface area contributed by atoms with Gasteiger partial charge >= 0.3 is 0 Å². The molecule has 1 nitrogen and oxygen atoms in total. The summed E-state index contributed by atoms with van der Waals surface area (Å²) in [7, 11) is 0. The minimum Gasteiger partial charge on any atom is -0.359 e. The van der Waals surface area contributed by atoms with Crippen LogP contribution in [0.1, 0.15) is 45.0 Å². The molecule has 0 aliphatic carbocycles. The van der Waals surface area contributed by atoms with Crippen LogP contribution in [0.3, 0.4) is 0 Å². The lowest BCUT2D eigenvalue weighted by Gasteiger charge is -2.08. The highest BCUT2D eigenvalue weighted by Gasteiger charge is 2.06. The van der Waals surface area contributed by atoms with Gasteiger partial charge in [-0.3, -0.25) is 0 Å². The van der Waals surface area contributed by atoms with E-state index in [1.807, 2.05) is 0 Å². The Hall–Kier alpha value is -1.24. The van der Waals surface area contributed by atoms with Crippen molar-refractivity contribution in [2.24, 2.45) is 0 Å². The molecule has 1 heteroatoms. The Bertz CT molecular complexity index is 366. The van der Waals surface area contributed by atoms with Crippen LogP contribution in [-0.2, 0) is 0 Å². The summed E-state index contributed by atoms with van der Waals surface area (Å²) < 4.78 is 0. The fourth-order valence-corrected chi connectivity index (χ4v) is 1.83. The molecule has 0 aliphatic heterocycles. The second-order valence-corrected chi connectivity index (χ2v) is 3.75. The highest BCUT2D eigenvalue weighted by molar-refractivity contribution is 5.77. The molecule has 0 fully saturated rings. The molecule has 15 heavy (non-hydrogen) atoms. The maximum atomic E-state index is 3.40. The number of H-pyrrole nitrogens is 1. The number of aryl methyl sites for hydroxylation is 1. The Morgan fingerprint density at radius 2 is 2.07 bits per heavy atom. The first-order valence-corrected chi connectivity index (χ1v) is 5.74. The molecule has 1 aromatic rings. The van der Waals surface area contributed by atoms with E-state index in [1.165, 1.54) is 22.5 Å². The van der Waals surface area contributed by atoms with Crippen LogP contribution in [0.15, 0.2) is 29.9 Å². The molecular formula is C14H21N. The predicted molar refractivity (Wildman–Crippen MR) is 67.8 cm³/mol. The van der Waals surface area contributed by atoms with Gasteiger partial charge in [0.05, 0.1) is 0 Å². The van der Waals surface area contributed by atoms with Crippen LogP contribution in [0.25, 0.3) is 5.57 Å². The second kappa shape index (κ2) is 5.59. The molecule has 1 heterocycles. The first-order valence-electron chi connectivity index (χ1n) is 5.74. The number of nitrogens with one attached hydrogen (secondary N) is 1. The zero-order valence-electron chi connectivity index (χ0n) is 10.2. The molecule has 0 aliphatic rings. The summed E-state index contributed by atoms with van der Waals surface area (Å²) in [6.07, 6.45) is 6.66. The largest absolute Gasteiger partial charge is 0.359 e. The number of aromatic amines is 1. The van der Waals surface area contributed by atoms with Gasteiger partial charge in [0.2, 0.25) is 0 Å². The first kappa shape index (κ1) is 11.8. The van der Waals surface area contributed by atoms with Crippen LogP contribution in [-0.4, -0.2) is 4.98 Å². The zero-order valence-corrected chi connectivity index (χ0v) is 10.2. The summed E-state index contributed by atoms with van der Waals surface area (Å²) in [6, 6.07) is 4.29. The lowest BCUT2D eigenvalue weighted by Crippen LogP contribution is -1.90. The van der Waals surface area contributed by atoms with E-state index in [4.69, 9.17) is 0 Å². The smallest absolute Gasteiger partial charge is 0.0455 e. The molecule has 0 aromatic carbocycles. The quantitative estimate of drug-likeness (QED) is 0.695. The van der Waals surface area contributed by atoms with Crippen molar-refractivity contribution in [3.05, 3.63) is 41.2 Å². The Morgan fingerprint density at radius 3 is 2.47 bits per heavy atom. The van der Waals surface area contributed by atoms with Gasteiger partial charge in [0, 0.05) is 11.4 Å². The maximum absolute atomic E-state index is 3.40. The summed E-state index contributed by atoms with van der Waals surface area (Å²) in [5.41, 5.74) is 5.23. The lowest BCUT2D eigenvalue weighted by molar-refractivity contribution is 1.12. The molecular weight excluding hydrogens is 182 g/mol. The van der Waals surface area contributed by atoms with Gasteiger partial charge in [-0.25, -0.2) is 0 Å². The summed E-state index contributed by atoms with van der Waals surface area (Å²) in [5, 5.41) is 0. The minimum absolute atomic E-state index is 1.07. The van der Waals surface area contributed by atoms with Gasteiger partial charge in [-0.1, -0.05) is 26.0 Å². The fraction of sp³-hybridized carbons (Fsp3) is 0.429. The topological polar surface area (TPSA) is 15.8 Å². The standard InChI is InChI=1S/C14H21N/c1-5-8-13(12(6-2)7-3)14-10-9-11(4)15-14/h6,8-10,15H,5,7H2,1-4H3/b12-6+,13-8+. The molecule has 0 spiro atoms. The van der Waals surface area contributed by atoms with E-state index in [1.54, 1.807) is 0 Å². The lowest BCUT2D eigenvalue weighted by atomic mass is 9.99. The third-order valence-corrected chi connectivity index (χ3v) is 2.61. The van der Waals surface area contributed by atoms with Crippen LogP contribution in [0.2, 0.25) is 0 Å². The zero-order chi connectivity index (χ0) is 11.3. The maximum Gasteiger partial charge on any atom is 0.0455 e. The highest BCUT2D eigenvalue weighted by Crippen LogP contribution is 2.25. The van der Waals surface area contributed by atoms with E-state index in [0.717, 1.165) is 12.8 Å². The van der Waals surface area contributed by atoms with Crippen molar-refractivity contribution in [2.75, 3.05) is 0 Å². The molecule has 0 bridgehead atoms. The number of allylic oxidation sites excluding steroid dienone is 4. The monoisotopic (exact) mass is 203 g/mol. The van der Waals surface area contributed by atoms with Gasteiger partial charge in [0.15, 0.2) is 0 Å². The van der Waals surface area contributed by atoms with E-state index < -0.39 is 0 Å². The van der Waals surface area contributed by atoms with Gasteiger partial charge in [-0.2, -0.15) is 0 Å². The Labute approximate surface area is 92.9 Å². The van der Waals surface area contributed by atoms with Crippen LogP contribution >= 0.6 is 0 Å². The highest BCUT2D eigenvalue weighted by atomic mass is 14.7. The third kappa shape index (κ3) is 2.85. The Kier molecular flexibility index (Phi) is 4.41. The molecule has 1 N–H and O–H groups in total. The Balaban J connectivity index is 3.09. The van der Waals surface area contributed by atoms with Gasteiger partial charge in [0.25, 0.3) is 0 Å². The summed E-state index contributed by atoms with van der Waals surface area (Å²) in [5.74, 6) is 0. The van der Waals surface area contributed by atoms with Crippen LogP contribution in [0, 0.1) is 6.92 Å². The third-order valence-electron chi connectivity index (χ3n) is 2.61. The summed E-state index contributed by atoms with van der Waals surface area (Å²) in [6.45, 7) is 8.58. The minimum atomic E-state index is 1.07. The van der Waals surface area contributed by atoms with Gasteiger partial charge in [-0.15, -0.1) is 0 Å². The molecule has 0 unspecified atom stereocenters. The normalized spacial score (nSPS) is 13.3. The van der Waals surface area contributed by atoms with Crippen molar-refractivity contribution in [1.82, 2.24) is 4.98 Å². The van der Waals surface area contributed by atoms with E-state index in [0.29, 0.717) is 0 Å². The molecule has 1 aromatic heterocycles. The second-order valence-electron chi connectivity index (χ2n) is 3.75. The average Bonchev–Trinajstić information content (AvgIpc) is 2.65. The van der Waals surface area contributed by atoms with Gasteiger partial charge < -0.3 is 4.98 Å². The van der Waals surface area contributed by atoms with Crippen molar-refractivity contribution < 1.29 is 0 Å². The van der Waals surface area contributed by atoms with Crippen LogP contribution < -0.4 is 0 Å². The molecule has 0 radical (unpaired) electrons. The molecule has 82 valence electrons. The van der Waals surface area contributed by atoms with Crippen LogP contribution in [0.4, 0.5) is 0 Å². The van der Waals surface area contributed by atoms with E-state index >= 15 is 0 Å². The number of aromatic nitrogens is 1. The van der Waals surface area contributed by atoms with Crippen molar-refractivity contribution in [1.29, 1.82) is 0 Å². The van der Waals surface area contributed by atoms with Crippen molar-refractivity contribution >= 4 is 5.57 Å². The number of hydrogen-bond donors (Lipinski definition) is 1. The van der Waals surface area contributed by atoms with E-state index in [-0.39, 0.29) is 0 Å². The van der Waals surface area contributed by atoms with Crippen molar-refractivity contribution in [3.8, 4) is 0 Å². The average molecular weight is 203 g/mol. The van der Waals surface area contributed by atoms with Crippen molar-refractivity contribution in [3.63, 3.8) is 0 Å². The summed E-state index contributed by atoms with van der Waals surface area (Å²) in [4.78, 5) is 3.40. The first-order chi connectivity index (χ1) is 7.22. The number of hydrogen-bond acceptors (Lipinski definition) is 0. The predicted octanol–water partition coefficient (Wildman–Crippen LogP) is 4.47. The van der Waals surface area contributed by atoms with Gasteiger partial charge in [0.1, 0.15) is 0 Å². The van der Waals surface area contributed by atoms with E-state index in [2.05, 4.69) is 57.0 Å². The van der Waals surface area contributed by atoms with E-state index in [9.17, 15) is 0 Å². The van der Waals surface area contributed by atoms with Crippen molar-refractivity contribution in [2.45, 2.75) is 40.5 Å². The molecule has 1 rings (SSSR count). The number of rotatable bonds is 4. The molecule has 0 saturated heterocycles.